The average Bonchev–Trinajstić information content (AvgIpc) is 3.18. The molecule has 0 aromatic carbocycles. The molecule has 2 heterocycles. The molecular formula is C27H41IO3. The monoisotopic (exact) mass is 540 g/mol. The Morgan fingerprint density at radius 2 is 1.81 bits per heavy atom. The molecule has 12 atom stereocenters. The van der Waals surface area contributed by atoms with Crippen molar-refractivity contribution in [3.05, 3.63) is 0 Å². The number of hydrogen-bond acceptors (Lipinski definition) is 3. The van der Waals surface area contributed by atoms with Crippen LogP contribution in [0, 0.1) is 52.3 Å². The Morgan fingerprint density at radius 1 is 1.00 bits per heavy atom. The molecule has 6 fully saturated rings. The van der Waals surface area contributed by atoms with E-state index >= 15 is 0 Å². The van der Waals surface area contributed by atoms with Crippen LogP contribution in [0.5, 0.6) is 0 Å². The number of alkyl halides is 1. The first-order valence-corrected chi connectivity index (χ1v) is 14.4. The number of ketones is 1. The summed E-state index contributed by atoms with van der Waals surface area (Å²) in [5.74, 6) is 4.11. The van der Waals surface area contributed by atoms with Gasteiger partial charge in [0, 0.05) is 34.0 Å². The van der Waals surface area contributed by atoms with E-state index < -0.39 is 5.79 Å². The predicted octanol–water partition coefficient (Wildman–Crippen LogP) is 6.42. The van der Waals surface area contributed by atoms with Crippen LogP contribution in [0.2, 0.25) is 0 Å². The van der Waals surface area contributed by atoms with E-state index in [4.69, 9.17) is 9.47 Å². The van der Waals surface area contributed by atoms with Crippen LogP contribution in [-0.4, -0.2) is 28.2 Å². The topological polar surface area (TPSA) is 35.5 Å². The van der Waals surface area contributed by atoms with Crippen molar-refractivity contribution in [2.24, 2.45) is 52.3 Å². The number of fused-ring (bicyclic) bond motifs is 7. The highest BCUT2D eigenvalue weighted by Gasteiger charge is 2.71. The summed E-state index contributed by atoms with van der Waals surface area (Å²) < 4.78 is 14.1. The van der Waals surface area contributed by atoms with Gasteiger partial charge in [0.1, 0.15) is 5.78 Å². The first-order valence-electron chi connectivity index (χ1n) is 13.2. The summed E-state index contributed by atoms with van der Waals surface area (Å²) in [7, 11) is 0. The lowest BCUT2D eigenvalue weighted by Crippen LogP contribution is -2.58. The Morgan fingerprint density at radius 3 is 2.55 bits per heavy atom. The summed E-state index contributed by atoms with van der Waals surface area (Å²) in [4.78, 5) is 14.0. The quantitative estimate of drug-likeness (QED) is 0.263. The van der Waals surface area contributed by atoms with E-state index in [1.165, 1.54) is 38.5 Å². The fourth-order valence-corrected chi connectivity index (χ4v) is 10.8. The molecule has 0 aromatic heterocycles. The van der Waals surface area contributed by atoms with Crippen LogP contribution in [0.1, 0.15) is 85.5 Å². The van der Waals surface area contributed by atoms with Gasteiger partial charge in [0.05, 0.1) is 12.7 Å². The zero-order chi connectivity index (χ0) is 21.8. The van der Waals surface area contributed by atoms with Crippen molar-refractivity contribution in [1.29, 1.82) is 0 Å². The zero-order valence-electron chi connectivity index (χ0n) is 19.9. The zero-order valence-corrected chi connectivity index (χ0v) is 22.0. The normalized spacial score (nSPS) is 60.9. The molecule has 174 valence electrons. The first kappa shape index (κ1) is 21.8. The van der Waals surface area contributed by atoms with Crippen LogP contribution in [-0.2, 0) is 14.3 Å². The molecule has 4 aliphatic carbocycles. The number of hydrogen-bond donors (Lipinski definition) is 0. The van der Waals surface area contributed by atoms with E-state index in [0.29, 0.717) is 40.8 Å². The highest BCUT2D eigenvalue weighted by Crippen LogP contribution is 2.70. The molecule has 2 aliphatic heterocycles. The fraction of sp³-hybridized carbons (Fsp3) is 0.963. The first-order chi connectivity index (χ1) is 14.7. The molecule has 0 amide bonds. The smallest absolute Gasteiger partial charge is 0.171 e. The molecule has 0 radical (unpaired) electrons. The molecular weight excluding hydrogens is 499 g/mol. The minimum atomic E-state index is -0.421. The number of rotatable bonds is 0. The van der Waals surface area contributed by atoms with Gasteiger partial charge in [-0.3, -0.25) is 4.79 Å². The second-order valence-electron chi connectivity index (χ2n) is 12.9. The van der Waals surface area contributed by atoms with Gasteiger partial charge in [0.2, 0.25) is 0 Å². The van der Waals surface area contributed by atoms with Crippen molar-refractivity contribution in [1.82, 2.24) is 0 Å². The van der Waals surface area contributed by atoms with Crippen LogP contribution >= 0.6 is 22.6 Å². The molecule has 6 rings (SSSR count). The van der Waals surface area contributed by atoms with Crippen molar-refractivity contribution < 1.29 is 14.3 Å². The third-order valence-electron chi connectivity index (χ3n) is 11.7. The summed E-state index contributed by atoms with van der Waals surface area (Å²) >= 11 is 2.68. The molecule has 0 bridgehead atoms. The average molecular weight is 541 g/mol. The molecule has 0 N–H and O–H groups in total. The van der Waals surface area contributed by atoms with Crippen LogP contribution in [0.4, 0.5) is 0 Å². The Labute approximate surface area is 202 Å². The van der Waals surface area contributed by atoms with Crippen LogP contribution in [0.3, 0.4) is 0 Å². The van der Waals surface area contributed by atoms with E-state index in [1.807, 2.05) is 0 Å². The van der Waals surface area contributed by atoms with Crippen LogP contribution < -0.4 is 0 Å². The second kappa shape index (κ2) is 7.16. The predicted molar refractivity (Wildman–Crippen MR) is 130 cm³/mol. The van der Waals surface area contributed by atoms with Crippen molar-refractivity contribution in [3.8, 4) is 0 Å². The molecule has 3 nitrogen and oxygen atoms in total. The summed E-state index contributed by atoms with van der Waals surface area (Å²) in [5, 5.41) is 0. The third-order valence-corrected chi connectivity index (χ3v) is 12.9. The number of halogens is 1. The fourth-order valence-electron chi connectivity index (χ4n) is 9.90. The van der Waals surface area contributed by atoms with Crippen molar-refractivity contribution in [2.75, 3.05) is 6.61 Å². The molecule has 31 heavy (non-hydrogen) atoms. The maximum atomic E-state index is 14.0. The van der Waals surface area contributed by atoms with Gasteiger partial charge >= 0.3 is 0 Å². The Hall–Kier alpha value is 0.320. The summed E-state index contributed by atoms with van der Waals surface area (Å²) in [5.41, 5.74) is 0.181. The van der Waals surface area contributed by atoms with E-state index in [9.17, 15) is 4.79 Å². The van der Waals surface area contributed by atoms with Crippen LogP contribution in [0.25, 0.3) is 0 Å². The summed E-state index contributed by atoms with van der Waals surface area (Å²) in [6.45, 7) is 10.3. The second-order valence-corrected chi connectivity index (χ2v) is 14.7. The number of Topliss-reactive ketones (excluding diaryl/α,β-unsaturated/α-hetero) is 1. The SMILES string of the molecule is C[C@@H]1CC[C@@]2(OC1)O[C@@H]1C[C@@H]3[C@@H]4CC[C@@H]5C[C@@H](I)CC[C@]5(C)[C@@H]4CC(=O)[C@]3(C)[C@@H]1[C@H]2C. The lowest BCUT2D eigenvalue weighted by atomic mass is 9.44. The molecule has 4 saturated carbocycles. The molecule has 0 aromatic rings. The molecule has 2 saturated heterocycles. The third kappa shape index (κ3) is 2.85. The lowest BCUT2D eigenvalue weighted by molar-refractivity contribution is -0.272. The van der Waals surface area contributed by atoms with E-state index in [0.717, 1.165) is 41.6 Å². The van der Waals surface area contributed by atoms with E-state index in [1.54, 1.807) is 0 Å². The van der Waals surface area contributed by atoms with Gasteiger partial charge < -0.3 is 9.47 Å². The van der Waals surface area contributed by atoms with E-state index in [2.05, 4.69) is 50.3 Å². The standard InChI is InChI=1S/C27H41IO3/c1-15-7-10-27(30-14-15)16(2)24-22(31-27)12-21-19-6-5-17-11-18(28)8-9-25(17,3)20(19)13-23(29)26(21,24)4/h15-22,24H,5-14H2,1-4H3/t15-,16-,17-,18+,19-,20-,21-,22-,24-,25+,26-,27-/m1/s1. The van der Waals surface area contributed by atoms with Gasteiger partial charge in [-0.1, -0.05) is 50.3 Å². The lowest BCUT2D eigenvalue weighted by Gasteiger charge is -2.60. The minimum absolute atomic E-state index is 0.204. The number of carbonyl (C=O) groups is 1. The molecule has 1 spiro atoms. The molecule has 4 heteroatoms. The van der Waals surface area contributed by atoms with Crippen molar-refractivity contribution in [3.63, 3.8) is 0 Å². The van der Waals surface area contributed by atoms with E-state index in [-0.39, 0.29) is 11.5 Å². The van der Waals surface area contributed by atoms with Crippen molar-refractivity contribution in [2.45, 2.75) is 101 Å². The Balaban J connectivity index is 1.30. The van der Waals surface area contributed by atoms with Gasteiger partial charge in [-0.2, -0.15) is 0 Å². The maximum Gasteiger partial charge on any atom is 0.171 e. The Bertz CT molecular complexity index is 760. The number of ether oxygens (including phenoxy) is 2. The Kier molecular flexibility index (Phi) is 5.04. The highest BCUT2D eigenvalue weighted by molar-refractivity contribution is 14.1. The van der Waals surface area contributed by atoms with Gasteiger partial charge in [-0.25, -0.2) is 0 Å². The van der Waals surface area contributed by atoms with Gasteiger partial charge in [-0.05, 0) is 80.0 Å². The summed E-state index contributed by atoms with van der Waals surface area (Å²) in [6, 6.07) is 0. The van der Waals surface area contributed by atoms with Crippen LogP contribution in [0.15, 0.2) is 0 Å². The maximum absolute atomic E-state index is 14.0. The highest BCUT2D eigenvalue weighted by atomic mass is 127. The van der Waals surface area contributed by atoms with Gasteiger partial charge in [0.25, 0.3) is 0 Å². The van der Waals surface area contributed by atoms with Crippen molar-refractivity contribution >= 4 is 28.4 Å². The summed E-state index contributed by atoms with van der Waals surface area (Å²) in [6.07, 6.45) is 11.1. The van der Waals surface area contributed by atoms with Gasteiger partial charge in [-0.15, -0.1) is 0 Å². The minimum Gasteiger partial charge on any atom is -0.349 e. The largest absolute Gasteiger partial charge is 0.349 e. The molecule has 0 unspecified atom stereocenters. The van der Waals surface area contributed by atoms with Gasteiger partial charge in [0.15, 0.2) is 5.79 Å². The number of carbonyl (C=O) groups excluding carboxylic acids is 1. The molecule has 6 aliphatic rings.